The van der Waals surface area contributed by atoms with Crippen LogP contribution < -0.4 is 9.62 Å². The Morgan fingerprint density at radius 2 is 2.00 bits per heavy atom. The molecule has 1 heterocycles. The van der Waals surface area contributed by atoms with Crippen molar-refractivity contribution >= 4 is 37.5 Å². The highest BCUT2D eigenvalue weighted by molar-refractivity contribution is 9.10. The average Bonchev–Trinajstić information content (AvgIpc) is 2.96. The molecule has 0 bridgehead atoms. The van der Waals surface area contributed by atoms with Crippen LogP contribution in [0.15, 0.2) is 45.8 Å². The highest BCUT2D eigenvalue weighted by atomic mass is 79.9. The predicted octanol–water partition coefficient (Wildman–Crippen LogP) is 2.70. The van der Waals surface area contributed by atoms with Crippen LogP contribution in [0, 0.1) is 5.82 Å². The van der Waals surface area contributed by atoms with E-state index in [1.54, 1.807) is 18.2 Å². The molecule has 3 rings (SSSR count). The maximum atomic E-state index is 13.5. The summed E-state index contributed by atoms with van der Waals surface area (Å²) in [6.45, 7) is 0.422. The number of hydrogen-bond donors (Lipinski definition) is 1. The second-order valence-electron chi connectivity index (χ2n) is 5.36. The van der Waals surface area contributed by atoms with Gasteiger partial charge in [0.1, 0.15) is 5.82 Å². The van der Waals surface area contributed by atoms with Crippen molar-refractivity contribution in [2.24, 2.45) is 0 Å². The summed E-state index contributed by atoms with van der Waals surface area (Å²) in [6.07, 6.45) is 0.546. The van der Waals surface area contributed by atoms with Crippen molar-refractivity contribution in [1.82, 2.24) is 4.72 Å². The molecule has 24 heavy (non-hydrogen) atoms. The Morgan fingerprint density at radius 1 is 1.25 bits per heavy atom. The fourth-order valence-electron chi connectivity index (χ4n) is 2.71. The van der Waals surface area contributed by atoms with Crippen molar-refractivity contribution in [3.63, 3.8) is 0 Å². The summed E-state index contributed by atoms with van der Waals surface area (Å²) in [5, 5.41) is 0. The Hall–Kier alpha value is -1.77. The molecule has 0 saturated carbocycles. The van der Waals surface area contributed by atoms with Gasteiger partial charge in [-0.15, -0.1) is 0 Å². The minimum Gasteiger partial charge on any atom is -0.308 e. The number of nitrogens with one attached hydrogen (secondary N) is 1. The summed E-state index contributed by atoms with van der Waals surface area (Å²) < 4.78 is 40.0. The molecule has 1 N–H and O–H groups in total. The van der Waals surface area contributed by atoms with Gasteiger partial charge in [0.15, 0.2) is 0 Å². The third kappa shape index (κ3) is 3.09. The number of carbonyl (C=O) groups excluding carboxylic acids is 1. The monoisotopic (exact) mass is 412 g/mol. The molecule has 0 spiro atoms. The number of rotatable bonds is 3. The smallest absolute Gasteiger partial charge is 0.258 e. The molecular weight excluding hydrogens is 399 g/mol. The Morgan fingerprint density at radius 3 is 2.67 bits per heavy atom. The zero-order chi connectivity index (χ0) is 17.5. The van der Waals surface area contributed by atoms with Crippen LogP contribution >= 0.6 is 15.9 Å². The Balaban J connectivity index is 1.96. The van der Waals surface area contributed by atoms with Crippen LogP contribution in [0.5, 0.6) is 0 Å². The van der Waals surface area contributed by atoms with E-state index in [9.17, 15) is 17.6 Å². The van der Waals surface area contributed by atoms with E-state index in [4.69, 9.17) is 0 Å². The van der Waals surface area contributed by atoms with E-state index in [1.165, 1.54) is 30.1 Å². The second-order valence-corrected chi connectivity index (χ2v) is 8.17. The fraction of sp³-hybridized carbons (Fsp3) is 0.188. The van der Waals surface area contributed by atoms with E-state index in [0.717, 1.165) is 5.56 Å². The lowest BCUT2D eigenvalue weighted by Gasteiger charge is -2.18. The molecule has 0 atom stereocenters. The lowest BCUT2D eigenvalue weighted by atomic mass is 10.1. The zero-order valence-corrected chi connectivity index (χ0v) is 15.1. The number of fused-ring (bicyclic) bond motifs is 1. The van der Waals surface area contributed by atoms with Gasteiger partial charge in [-0.3, -0.25) is 4.79 Å². The molecule has 126 valence electrons. The summed E-state index contributed by atoms with van der Waals surface area (Å²) in [7, 11) is -2.18. The van der Waals surface area contributed by atoms with Gasteiger partial charge in [0.05, 0.1) is 4.90 Å². The first kappa shape index (κ1) is 17.1. The topological polar surface area (TPSA) is 66.5 Å². The highest BCUT2D eigenvalue weighted by Gasteiger charge is 2.27. The van der Waals surface area contributed by atoms with E-state index >= 15 is 0 Å². The van der Waals surface area contributed by atoms with Crippen LogP contribution in [0.3, 0.4) is 0 Å². The lowest BCUT2D eigenvalue weighted by Crippen LogP contribution is -2.29. The first-order valence-electron chi connectivity index (χ1n) is 7.16. The van der Waals surface area contributed by atoms with Gasteiger partial charge in [-0.25, -0.2) is 17.5 Å². The molecule has 0 aromatic heterocycles. The van der Waals surface area contributed by atoms with Gasteiger partial charge in [0.25, 0.3) is 5.91 Å². The van der Waals surface area contributed by atoms with Crippen molar-refractivity contribution in [2.45, 2.75) is 11.3 Å². The van der Waals surface area contributed by atoms with Crippen molar-refractivity contribution in [3.8, 4) is 0 Å². The molecule has 1 aliphatic heterocycles. The quantitative estimate of drug-likeness (QED) is 0.842. The average molecular weight is 413 g/mol. The molecule has 0 unspecified atom stereocenters. The van der Waals surface area contributed by atoms with Crippen LogP contribution in [0.1, 0.15) is 15.9 Å². The van der Waals surface area contributed by atoms with E-state index in [1.807, 2.05) is 0 Å². The second kappa shape index (κ2) is 6.27. The van der Waals surface area contributed by atoms with Crippen molar-refractivity contribution in [3.05, 3.63) is 57.8 Å². The molecule has 8 heteroatoms. The summed E-state index contributed by atoms with van der Waals surface area (Å²) in [5.74, 6) is -0.819. The van der Waals surface area contributed by atoms with Crippen molar-refractivity contribution in [2.75, 3.05) is 18.5 Å². The fourth-order valence-corrected chi connectivity index (χ4v) is 3.95. The van der Waals surface area contributed by atoms with Gasteiger partial charge in [-0.2, -0.15) is 0 Å². The number of nitrogens with zero attached hydrogens (tertiary/aromatic N) is 1. The Kier molecular flexibility index (Phi) is 4.46. The number of sulfonamides is 1. The van der Waals surface area contributed by atoms with Gasteiger partial charge < -0.3 is 4.90 Å². The highest BCUT2D eigenvalue weighted by Crippen LogP contribution is 2.31. The zero-order valence-electron chi connectivity index (χ0n) is 12.7. The lowest BCUT2D eigenvalue weighted by molar-refractivity contribution is 0.0989. The van der Waals surface area contributed by atoms with Crippen molar-refractivity contribution < 1.29 is 17.6 Å². The number of benzene rings is 2. The van der Waals surface area contributed by atoms with Crippen molar-refractivity contribution in [1.29, 1.82) is 0 Å². The maximum Gasteiger partial charge on any atom is 0.258 e. The van der Waals surface area contributed by atoms with Gasteiger partial charge in [0, 0.05) is 22.3 Å². The summed E-state index contributed by atoms with van der Waals surface area (Å²) >= 11 is 3.18. The minimum atomic E-state index is -3.53. The molecule has 2 aromatic carbocycles. The molecule has 0 aliphatic carbocycles. The summed E-state index contributed by atoms with van der Waals surface area (Å²) in [6, 6.07) is 8.66. The molecule has 2 aromatic rings. The molecule has 0 saturated heterocycles. The van der Waals surface area contributed by atoms with Crippen LogP contribution in [0.25, 0.3) is 0 Å². The summed E-state index contributed by atoms with van der Waals surface area (Å²) in [4.78, 5) is 14.4. The Bertz CT molecular complexity index is 911. The number of carbonyl (C=O) groups is 1. The van der Waals surface area contributed by atoms with E-state index < -0.39 is 15.8 Å². The van der Waals surface area contributed by atoms with Gasteiger partial charge in [-0.1, -0.05) is 15.9 Å². The molecule has 1 amide bonds. The predicted molar refractivity (Wildman–Crippen MR) is 92.2 cm³/mol. The van der Waals surface area contributed by atoms with Crippen LogP contribution in [-0.2, 0) is 16.4 Å². The normalized spacial score (nSPS) is 13.9. The SMILES string of the molecule is CNS(=O)(=O)c1ccc2c(c1)CCN2C(=O)c1cc(F)cc(Br)c1. The van der Waals surface area contributed by atoms with Crippen LogP contribution in [0.2, 0.25) is 0 Å². The largest absolute Gasteiger partial charge is 0.308 e. The molecule has 0 radical (unpaired) electrons. The minimum absolute atomic E-state index is 0.159. The number of hydrogen-bond acceptors (Lipinski definition) is 3. The van der Waals surface area contributed by atoms with E-state index in [0.29, 0.717) is 23.1 Å². The first-order valence-corrected chi connectivity index (χ1v) is 9.44. The number of anilines is 1. The third-order valence-corrected chi connectivity index (χ3v) is 5.75. The molecular formula is C16H14BrFN2O3S. The third-order valence-electron chi connectivity index (χ3n) is 3.88. The van der Waals surface area contributed by atoms with E-state index in [-0.39, 0.29) is 16.4 Å². The maximum absolute atomic E-state index is 13.5. The summed E-state index contributed by atoms with van der Waals surface area (Å²) in [5.41, 5.74) is 1.66. The molecule has 0 fully saturated rings. The van der Waals surface area contributed by atoms with Crippen LogP contribution in [-0.4, -0.2) is 27.9 Å². The molecule has 5 nitrogen and oxygen atoms in total. The van der Waals surface area contributed by atoms with Gasteiger partial charge >= 0.3 is 0 Å². The van der Waals surface area contributed by atoms with Crippen LogP contribution in [0.4, 0.5) is 10.1 Å². The number of halogens is 2. The van der Waals surface area contributed by atoms with Gasteiger partial charge in [-0.05, 0) is 55.4 Å². The standard InChI is InChI=1S/C16H14BrFN2O3S/c1-19-24(22,23)14-2-3-15-10(8-14)4-5-20(15)16(21)11-6-12(17)9-13(18)7-11/h2-3,6-9,19H,4-5H2,1H3. The first-order chi connectivity index (χ1) is 11.3. The number of amides is 1. The van der Waals surface area contributed by atoms with Gasteiger partial charge in [0.2, 0.25) is 10.0 Å². The Labute approximate surface area is 147 Å². The molecule has 1 aliphatic rings. The van der Waals surface area contributed by atoms with E-state index in [2.05, 4.69) is 20.7 Å².